The molecule has 2 aliphatic rings. The molecule has 172 valence electrons. The molecule has 0 saturated carbocycles. The smallest absolute Gasteiger partial charge is 0.191 e. The topological polar surface area (TPSA) is 119 Å². The van der Waals surface area contributed by atoms with Crippen molar-refractivity contribution < 1.29 is 9.47 Å². The first-order chi connectivity index (χ1) is 16.0. The third kappa shape index (κ3) is 4.28. The standard InChI is InChI=1S/C26H31N5O2/c1-4-10-31-11-9-19-20(14-27)25(30)26(16-28,17-29)24(21(19)15-31)18-7-8-22(33-12-5-2)23(13-18)32-6-3/h7-9,13,21,24H,4-6,10-12,15,30H2,1-3H3/t21-,24+/m1/s1. The van der Waals surface area contributed by atoms with Crippen LogP contribution in [0.15, 0.2) is 41.1 Å². The third-order valence-electron chi connectivity index (χ3n) is 6.37. The zero-order valence-electron chi connectivity index (χ0n) is 19.6. The SMILES string of the molecule is CCCOc1ccc([C@H]2[C@@H]3CN(CCC)CC=C3C(C#N)=C(N)C2(C#N)C#N)cc1OCC. The van der Waals surface area contributed by atoms with Gasteiger partial charge in [-0.3, -0.25) is 4.90 Å². The predicted octanol–water partition coefficient (Wildman–Crippen LogP) is 4.01. The summed E-state index contributed by atoms with van der Waals surface area (Å²) in [6.45, 7) is 9.32. The zero-order valence-corrected chi connectivity index (χ0v) is 19.6. The summed E-state index contributed by atoms with van der Waals surface area (Å²) >= 11 is 0. The number of nitrogens with zero attached hydrogens (tertiary/aromatic N) is 4. The van der Waals surface area contributed by atoms with Gasteiger partial charge in [-0.25, -0.2) is 0 Å². The Labute approximate surface area is 196 Å². The summed E-state index contributed by atoms with van der Waals surface area (Å²) in [6.07, 6.45) is 3.88. The van der Waals surface area contributed by atoms with E-state index in [2.05, 4.69) is 30.0 Å². The van der Waals surface area contributed by atoms with Gasteiger partial charge >= 0.3 is 0 Å². The van der Waals surface area contributed by atoms with Crippen LogP contribution in [0.5, 0.6) is 11.5 Å². The summed E-state index contributed by atoms with van der Waals surface area (Å²) in [5.41, 5.74) is 6.67. The molecule has 1 aromatic rings. The number of hydrogen-bond donors (Lipinski definition) is 1. The van der Waals surface area contributed by atoms with Gasteiger partial charge in [-0.15, -0.1) is 0 Å². The number of nitrogens with two attached hydrogens (primary N) is 1. The van der Waals surface area contributed by atoms with Crippen molar-refractivity contribution >= 4 is 0 Å². The van der Waals surface area contributed by atoms with Gasteiger partial charge in [0.2, 0.25) is 0 Å². The normalized spacial score (nSPS) is 21.8. The molecule has 1 aliphatic carbocycles. The lowest BCUT2D eigenvalue weighted by Crippen LogP contribution is -2.48. The Balaban J connectivity index is 2.22. The van der Waals surface area contributed by atoms with Crippen LogP contribution in [-0.2, 0) is 0 Å². The summed E-state index contributed by atoms with van der Waals surface area (Å²) < 4.78 is 11.7. The summed E-state index contributed by atoms with van der Waals surface area (Å²) in [5, 5.41) is 30.4. The lowest BCUT2D eigenvalue weighted by molar-refractivity contribution is 0.207. The second kappa shape index (κ2) is 10.4. The molecule has 0 unspecified atom stereocenters. The van der Waals surface area contributed by atoms with Gasteiger partial charge < -0.3 is 15.2 Å². The van der Waals surface area contributed by atoms with Gasteiger partial charge in [0.1, 0.15) is 6.07 Å². The van der Waals surface area contributed by atoms with Gasteiger partial charge in [0, 0.05) is 24.9 Å². The molecule has 33 heavy (non-hydrogen) atoms. The number of allylic oxidation sites excluding steroid dienone is 2. The van der Waals surface area contributed by atoms with E-state index in [0.29, 0.717) is 37.8 Å². The highest BCUT2D eigenvalue weighted by Gasteiger charge is 2.54. The number of fused-ring (bicyclic) bond motifs is 1. The van der Waals surface area contributed by atoms with Gasteiger partial charge in [0.05, 0.1) is 36.6 Å². The van der Waals surface area contributed by atoms with Gasteiger partial charge in [-0.05, 0) is 49.6 Å². The van der Waals surface area contributed by atoms with Crippen LogP contribution in [0.25, 0.3) is 0 Å². The van der Waals surface area contributed by atoms with Crippen LogP contribution in [-0.4, -0.2) is 37.7 Å². The number of rotatable bonds is 8. The van der Waals surface area contributed by atoms with Crippen molar-refractivity contribution in [2.45, 2.75) is 39.5 Å². The van der Waals surface area contributed by atoms with Crippen LogP contribution in [0.1, 0.15) is 45.1 Å². The summed E-state index contributed by atoms with van der Waals surface area (Å²) in [4.78, 5) is 2.29. The highest BCUT2D eigenvalue weighted by molar-refractivity contribution is 5.60. The maximum Gasteiger partial charge on any atom is 0.191 e. The maximum absolute atomic E-state index is 10.3. The van der Waals surface area contributed by atoms with E-state index in [4.69, 9.17) is 15.2 Å². The zero-order chi connectivity index (χ0) is 24.0. The minimum atomic E-state index is -1.66. The van der Waals surface area contributed by atoms with Crippen molar-refractivity contribution in [3.63, 3.8) is 0 Å². The van der Waals surface area contributed by atoms with Crippen LogP contribution in [0.4, 0.5) is 0 Å². The molecule has 7 heteroatoms. The lowest BCUT2D eigenvalue weighted by atomic mass is 9.58. The molecule has 0 spiro atoms. The molecule has 2 atom stereocenters. The average molecular weight is 446 g/mol. The lowest BCUT2D eigenvalue weighted by Gasteiger charge is -2.45. The Morgan fingerprint density at radius 3 is 2.45 bits per heavy atom. The molecule has 1 heterocycles. The van der Waals surface area contributed by atoms with Crippen LogP contribution in [0, 0.1) is 45.3 Å². The molecular formula is C26H31N5O2. The summed E-state index contributed by atoms with van der Waals surface area (Å²) in [5.74, 6) is 0.443. The van der Waals surface area contributed by atoms with Crippen molar-refractivity contribution in [2.75, 3.05) is 32.8 Å². The summed E-state index contributed by atoms with van der Waals surface area (Å²) in [6, 6.07) is 12.2. The first-order valence-electron chi connectivity index (χ1n) is 11.6. The van der Waals surface area contributed by atoms with Crippen LogP contribution < -0.4 is 15.2 Å². The number of benzene rings is 1. The Hall–Kier alpha value is -3.47. The Bertz CT molecular complexity index is 1060. The monoisotopic (exact) mass is 445 g/mol. The fourth-order valence-electron chi connectivity index (χ4n) is 4.93. The van der Waals surface area contributed by atoms with E-state index in [1.807, 2.05) is 38.1 Å². The Morgan fingerprint density at radius 1 is 1.09 bits per heavy atom. The van der Waals surface area contributed by atoms with Crippen LogP contribution >= 0.6 is 0 Å². The van der Waals surface area contributed by atoms with E-state index in [9.17, 15) is 15.8 Å². The van der Waals surface area contributed by atoms with Crippen LogP contribution in [0.2, 0.25) is 0 Å². The Kier molecular flexibility index (Phi) is 7.64. The Morgan fingerprint density at radius 2 is 1.85 bits per heavy atom. The minimum absolute atomic E-state index is 0.0377. The number of nitriles is 3. The molecule has 0 fully saturated rings. The van der Waals surface area contributed by atoms with Crippen molar-refractivity contribution in [1.29, 1.82) is 15.8 Å². The molecule has 1 aliphatic heterocycles. The molecule has 0 amide bonds. The molecular weight excluding hydrogens is 414 g/mol. The van der Waals surface area contributed by atoms with Gasteiger partial charge in [0.25, 0.3) is 0 Å². The maximum atomic E-state index is 10.3. The molecule has 3 rings (SSSR count). The quantitative estimate of drug-likeness (QED) is 0.642. The van der Waals surface area contributed by atoms with Crippen molar-refractivity contribution in [2.24, 2.45) is 17.1 Å². The second-order valence-electron chi connectivity index (χ2n) is 8.42. The van der Waals surface area contributed by atoms with Crippen LogP contribution in [0.3, 0.4) is 0 Å². The largest absolute Gasteiger partial charge is 0.490 e. The average Bonchev–Trinajstić information content (AvgIpc) is 2.83. The highest BCUT2D eigenvalue weighted by atomic mass is 16.5. The fraction of sp³-hybridized carbons (Fsp3) is 0.500. The highest BCUT2D eigenvalue weighted by Crippen LogP contribution is 2.54. The molecule has 7 nitrogen and oxygen atoms in total. The first kappa shape index (κ1) is 24.2. The van der Waals surface area contributed by atoms with E-state index < -0.39 is 11.3 Å². The predicted molar refractivity (Wildman–Crippen MR) is 125 cm³/mol. The molecule has 1 aromatic carbocycles. The number of ether oxygens (including phenoxy) is 2. The van der Waals surface area contributed by atoms with Gasteiger partial charge in [0.15, 0.2) is 16.9 Å². The van der Waals surface area contributed by atoms with E-state index in [0.717, 1.165) is 30.5 Å². The molecule has 2 N–H and O–H groups in total. The summed E-state index contributed by atoms with van der Waals surface area (Å²) in [7, 11) is 0. The van der Waals surface area contributed by atoms with Gasteiger partial charge in [-0.2, -0.15) is 15.8 Å². The second-order valence-corrected chi connectivity index (χ2v) is 8.42. The van der Waals surface area contributed by atoms with E-state index in [1.165, 1.54) is 0 Å². The van der Waals surface area contributed by atoms with E-state index in [1.54, 1.807) is 0 Å². The molecule has 0 saturated heterocycles. The fourth-order valence-corrected chi connectivity index (χ4v) is 4.93. The number of hydrogen-bond acceptors (Lipinski definition) is 7. The first-order valence-corrected chi connectivity index (χ1v) is 11.6. The van der Waals surface area contributed by atoms with Crippen molar-refractivity contribution in [1.82, 2.24) is 4.90 Å². The molecule has 0 radical (unpaired) electrons. The molecule has 0 bridgehead atoms. The van der Waals surface area contributed by atoms with Crippen molar-refractivity contribution in [3.8, 4) is 29.7 Å². The third-order valence-corrected chi connectivity index (χ3v) is 6.37. The van der Waals surface area contributed by atoms with E-state index in [-0.39, 0.29) is 17.2 Å². The van der Waals surface area contributed by atoms with Gasteiger partial charge in [-0.1, -0.05) is 26.0 Å². The van der Waals surface area contributed by atoms with Crippen molar-refractivity contribution in [3.05, 3.63) is 46.7 Å². The minimum Gasteiger partial charge on any atom is -0.490 e. The van der Waals surface area contributed by atoms with E-state index >= 15 is 0 Å². The molecule has 0 aromatic heterocycles.